The molecule has 0 unspecified atom stereocenters. The highest BCUT2D eigenvalue weighted by Crippen LogP contribution is 2.19. The Morgan fingerprint density at radius 1 is 1.20 bits per heavy atom. The molecule has 0 bridgehead atoms. The molecule has 1 aromatic heterocycles. The third-order valence-electron chi connectivity index (χ3n) is 3.67. The van der Waals surface area contributed by atoms with Crippen molar-refractivity contribution in [2.45, 2.75) is 25.4 Å². The number of hydrogen-bond donors (Lipinski definition) is 1. The van der Waals surface area contributed by atoms with Crippen LogP contribution in [0.1, 0.15) is 18.1 Å². The molecular weight excluding hydrogens is 334 g/mol. The molecule has 0 saturated carbocycles. The van der Waals surface area contributed by atoms with Crippen LogP contribution < -0.4 is 5.32 Å². The van der Waals surface area contributed by atoms with Crippen molar-refractivity contribution in [3.63, 3.8) is 0 Å². The van der Waals surface area contributed by atoms with Crippen LogP contribution in [0.2, 0.25) is 0 Å². The van der Waals surface area contributed by atoms with E-state index < -0.39 is 0 Å². The minimum atomic E-state index is -0.0898. The Kier molecular flexibility index (Phi) is 5.45. The first-order valence-corrected chi connectivity index (χ1v) is 9.01. The van der Waals surface area contributed by atoms with E-state index in [4.69, 9.17) is 0 Å². The van der Waals surface area contributed by atoms with E-state index in [1.807, 2.05) is 55.5 Å². The monoisotopic (exact) mass is 353 g/mol. The Morgan fingerprint density at radius 2 is 2.00 bits per heavy atom. The average molecular weight is 353 g/mol. The van der Waals surface area contributed by atoms with E-state index in [1.54, 1.807) is 4.68 Å². The van der Waals surface area contributed by atoms with E-state index in [0.29, 0.717) is 5.16 Å². The predicted molar refractivity (Wildman–Crippen MR) is 99.1 cm³/mol. The first-order chi connectivity index (χ1) is 12.2. The van der Waals surface area contributed by atoms with Crippen LogP contribution in [0.15, 0.2) is 53.7 Å². The van der Waals surface area contributed by atoms with Crippen LogP contribution in [-0.4, -0.2) is 31.9 Å². The van der Waals surface area contributed by atoms with Crippen LogP contribution in [0.4, 0.5) is 5.69 Å². The maximum absolute atomic E-state index is 12.2. The fraction of sp³-hybridized carbons (Fsp3) is 0.222. The molecule has 0 aliphatic heterocycles. The second kappa shape index (κ2) is 7.94. The Balaban J connectivity index is 1.62. The zero-order valence-electron chi connectivity index (χ0n) is 14.1. The van der Waals surface area contributed by atoms with E-state index >= 15 is 0 Å². The van der Waals surface area contributed by atoms with E-state index in [9.17, 15) is 4.79 Å². The van der Waals surface area contributed by atoms with Crippen LogP contribution in [0.25, 0.3) is 5.69 Å². The summed E-state index contributed by atoms with van der Waals surface area (Å²) < 4.78 is 1.64. The molecule has 6 nitrogen and oxygen atoms in total. The van der Waals surface area contributed by atoms with Crippen molar-refractivity contribution in [3.05, 3.63) is 59.7 Å². The van der Waals surface area contributed by atoms with Crippen LogP contribution in [0.3, 0.4) is 0 Å². The molecular formula is C18H19N5OS. The smallest absolute Gasteiger partial charge is 0.234 e. The summed E-state index contributed by atoms with van der Waals surface area (Å²) in [6.45, 7) is 4.11. The Bertz CT molecular complexity index is 860. The minimum Gasteiger partial charge on any atom is -0.325 e. The first-order valence-electron chi connectivity index (χ1n) is 8.02. The molecule has 1 N–H and O–H groups in total. The largest absolute Gasteiger partial charge is 0.325 e. The van der Waals surface area contributed by atoms with Gasteiger partial charge in [0.15, 0.2) is 0 Å². The molecule has 0 spiro atoms. The summed E-state index contributed by atoms with van der Waals surface area (Å²) in [5.74, 6) is 0.148. The third kappa shape index (κ3) is 4.45. The number of anilines is 1. The summed E-state index contributed by atoms with van der Waals surface area (Å²) in [5.41, 5.74) is 4.03. The van der Waals surface area contributed by atoms with Gasteiger partial charge in [0.1, 0.15) is 0 Å². The van der Waals surface area contributed by atoms with Crippen LogP contribution >= 0.6 is 11.8 Å². The van der Waals surface area contributed by atoms with E-state index in [-0.39, 0.29) is 11.7 Å². The van der Waals surface area contributed by atoms with Gasteiger partial charge in [0.05, 0.1) is 11.4 Å². The number of benzene rings is 2. The Morgan fingerprint density at radius 3 is 2.72 bits per heavy atom. The van der Waals surface area contributed by atoms with Crippen LogP contribution in [-0.2, 0) is 11.2 Å². The van der Waals surface area contributed by atoms with Crippen molar-refractivity contribution < 1.29 is 4.79 Å². The summed E-state index contributed by atoms with van der Waals surface area (Å²) in [7, 11) is 0. The van der Waals surface area contributed by atoms with Gasteiger partial charge in [-0.1, -0.05) is 43.0 Å². The zero-order valence-corrected chi connectivity index (χ0v) is 15.0. The van der Waals surface area contributed by atoms with Gasteiger partial charge in [-0.2, -0.15) is 4.68 Å². The van der Waals surface area contributed by atoms with Gasteiger partial charge in [0.25, 0.3) is 0 Å². The number of tetrazole rings is 1. The molecule has 3 aromatic rings. The van der Waals surface area contributed by atoms with Gasteiger partial charge in [0, 0.05) is 5.69 Å². The predicted octanol–water partition coefficient (Wildman–Crippen LogP) is 3.26. The van der Waals surface area contributed by atoms with Gasteiger partial charge in [-0.25, -0.2) is 0 Å². The standard InChI is InChI=1S/C18H19N5OS/c1-3-14-7-9-15(10-8-14)19-17(24)12-25-18-20-21-22-23(18)16-6-4-5-13(2)11-16/h4-11H,3,12H2,1-2H3,(H,19,24). The number of carbonyl (C=O) groups is 1. The van der Waals surface area contributed by atoms with Crippen molar-refractivity contribution in [1.29, 1.82) is 0 Å². The quantitative estimate of drug-likeness (QED) is 0.689. The van der Waals surface area contributed by atoms with Crippen molar-refractivity contribution >= 4 is 23.4 Å². The normalized spacial score (nSPS) is 10.6. The van der Waals surface area contributed by atoms with Gasteiger partial charge < -0.3 is 5.32 Å². The molecule has 7 heteroatoms. The second-order valence-corrected chi connectivity index (χ2v) is 6.54. The summed E-state index contributed by atoms with van der Waals surface area (Å²) in [4.78, 5) is 12.2. The number of rotatable bonds is 6. The molecule has 2 aromatic carbocycles. The highest BCUT2D eigenvalue weighted by atomic mass is 32.2. The lowest BCUT2D eigenvalue weighted by Crippen LogP contribution is -2.14. The van der Waals surface area contributed by atoms with Gasteiger partial charge in [-0.05, 0) is 59.2 Å². The number of aromatic nitrogens is 4. The first kappa shape index (κ1) is 17.2. The lowest BCUT2D eigenvalue weighted by molar-refractivity contribution is -0.113. The number of aryl methyl sites for hydroxylation is 2. The molecule has 1 amide bonds. The molecule has 1 heterocycles. The van der Waals surface area contributed by atoms with Gasteiger partial charge in [-0.15, -0.1) is 5.10 Å². The molecule has 0 aliphatic carbocycles. The zero-order chi connectivity index (χ0) is 17.6. The van der Waals surface area contributed by atoms with Gasteiger partial charge in [0.2, 0.25) is 11.1 Å². The molecule has 0 radical (unpaired) electrons. The average Bonchev–Trinajstić information content (AvgIpc) is 3.09. The molecule has 0 atom stereocenters. The molecule has 3 rings (SSSR count). The van der Waals surface area contributed by atoms with Crippen molar-refractivity contribution in [1.82, 2.24) is 20.2 Å². The molecule has 0 fully saturated rings. The van der Waals surface area contributed by atoms with Gasteiger partial charge >= 0.3 is 0 Å². The number of nitrogens with zero attached hydrogens (tertiary/aromatic N) is 4. The second-order valence-electron chi connectivity index (χ2n) is 5.60. The minimum absolute atomic E-state index is 0.0898. The maximum Gasteiger partial charge on any atom is 0.234 e. The Hall–Kier alpha value is -2.67. The summed E-state index contributed by atoms with van der Waals surface area (Å²) in [6, 6.07) is 15.8. The molecule has 0 aliphatic rings. The van der Waals surface area contributed by atoms with Crippen LogP contribution in [0, 0.1) is 6.92 Å². The topological polar surface area (TPSA) is 72.7 Å². The summed E-state index contributed by atoms with van der Waals surface area (Å²) in [6.07, 6.45) is 0.978. The Labute approximate surface area is 150 Å². The number of nitrogens with one attached hydrogen (secondary N) is 1. The SMILES string of the molecule is CCc1ccc(NC(=O)CSc2nnnn2-c2cccc(C)c2)cc1. The molecule has 25 heavy (non-hydrogen) atoms. The number of amides is 1. The number of hydrogen-bond acceptors (Lipinski definition) is 5. The third-order valence-corrected chi connectivity index (χ3v) is 4.58. The maximum atomic E-state index is 12.2. The highest BCUT2D eigenvalue weighted by Gasteiger charge is 2.12. The summed E-state index contributed by atoms with van der Waals surface area (Å²) >= 11 is 1.30. The lowest BCUT2D eigenvalue weighted by Gasteiger charge is -2.07. The highest BCUT2D eigenvalue weighted by molar-refractivity contribution is 7.99. The summed E-state index contributed by atoms with van der Waals surface area (Å²) in [5, 5.41) is 15.2. The van der Waals surface area contributed by atoms with Crippen molar-refractivity contribution in [2.75, 3.05) is 11.1 Å². The van der Waals surface area contributed by atoms with Crippen molar-refractivity contribution in [2.24, 2.45) is 0 Å². The molecule has 128 valence electrons. The molecule has 0 saturated heterocycles. The lowest BCUT2D eigenvalue weighted by atomic mass is 10.1. The van der Waals surface area contributed by atoms with Gasteiger partial charge in [-0.3, -0.25) is 4.79 Å². The number of carbonyl (C=O) groups excluding carboxylic acids is 1. The fourth-order valence-electron chi connectivity index (χ4n) is 2.34. The van der Waals surface area contributed by atoms with Crippen molar-refractivity contribution in [3.8, 4) is 5.69 Å². The van der Waals surface area contributed by atoms with E-state index in [2.05, 4.69) is 27.8 Å². The van der Waals surface area contributed by atoms with E-state index in [1.165, 1.54) is 17.3 Å². The van der Waals surface area contributed by atoms with E-state index in [0.717, 1.165) is 23.4 Å². The fourth-order valence-corrected chi connectivity index (χ4v) is 3.03. The van der Waals surface area contributed by atoms with Crippen LogP contribution in [0.5, 0.6) is 0 Å². The number of thioether (sulfide) groups is 1.